The average Bonchev–Trinajstić information content (AvgIpc) is 2.90. The van der Waals surface area contributed by atoms with Crippen molar-refractivity contribution in [3.05, 3.63) is 47.2 Å². The highest BCUT2D eigenvalue weighted by Crippen LogP contribution is 2.45. The number of rotatable bonds is 1. The zero-order chi connectivity index (χ0) is 15.3. The Hall–Kier alpha value is -2.14. The van der Waals surface area contributed by atoms with Crippen LogP contribution in [0, 0.1) is 5.92 Å². The molecule has 0 unspecified atom stereocenters. The standard InChI is InChI=1S/C17H16O5/c18-11-7-13(9-4-2-1-3-5-9)21-14-8-12(19)17-10(16(11)14)6-15(20)22-17/h1-5,10,12-13,17,19H,6-8H2/t10-,12+,13+,17-/m1/s1. The van der Waals surface area contributed by atoms with Gasteiger partial charge < -0.3 is 14.6 Å². The van der Waals surface area contributed by atoms with Gasteiger partial charge in [0.05, 0.1) is 18.9 Å². The maximum Gasteiger partial charge on any atom is 0.306 e. The first-order valence-electron chi connectivity index (χ1n) is 7.49. The second-order valence-electron chi connectivity index (χ2n) is 6.02. The summed E-state index contributed by atoms with van der Waals surface area (Å²) in [5, 5.41) is 10.2. The van der Waals surface area contributed by atoms with Crippen LogP contribution in [-0.4, -0.2) is 29.1 Å². The van der Waals surface area contributed by atoms with Crippen molar-refractivity contribution in [1.29, 1.82) is 0 Å². The molecule has 22 heavy (non-hydrogen) atoms. The van der Waals surface area contributed by atoms with Crippen molar-refractivity contribution < 1.29 is 24.2 Å². The molecular weight excluding hydrogens is 284 g/mol. The van der Waals surface area contributed by atoms with Crippen molar-refractivity contribution in [3.8, 4) is 0 Å². The van der Waals surface area contributed by atoms with Crippen LogP contribution < -0.4 is 0 Å². The molecule has 4 rings (SSSR count). The van der Waals surface area contributed by atoms with Crippen LogP contribution in [0.2, 0.25) is 0 Å². The Morgan fingerprint density at radius 3 is 2.55 bits per heavy atom. The normalized spacial score (nSPS) is 33.9. The lowest BCUT2D eigenvalue weighted by Gasteiger charge is -2.37. The molecule has 2 heterocycles. The van der Waals surface area contributed by atoms with Gasteiger partial charge in [0.1, 0.15) is 18.0 Å². The van der Waals surface area contributed by atoms with Gasteiger partial charge in [-0.05, 0) is 5.56 Å². The lowest BCUT2D eigenvalue weighted by atomic mass is 9.77. The third-order valence-electron chi connectivity index (χ3n) is 4.62. The minimum Gasteiger partial charge on any atom is -0.489 e. The van der Waals surface area contributed by atoms with Crippen molar-refractivity contribution in [3.63, 3.8) is 0 Å². The molecular formula is C17H16O5. The summed E-state index contributed by atoms with van der Waals surface area (Å²) in [7, 11) is 0. The highest BCUT2D eigenvalue weighted by molar-refractivity contribution is 5.98. The van der Waals surface area contributed by atoms with Crippen LogP contribution in [-0.2, 0) is 19.1 Å². The van der Waals surface area contributed by atoms with Crippen LogP contribution in [0.15, 0.2) is 41.7 Å². The maximum absolute atomic E-state index is 12.6. The Balaban J connectivity index is 1.69. The Morgan fingerprint density at radius 2 is 1.77 bits per heavy atom. The first kappa shape index (κ1) is 13.5. The Kier molecular flexibility index (Phi) is 3.04. The summed E-state index contributed by atoms with van der Waals surface area (Å²) < 4.78 is 11.1. The third kappa shape index (κ3) is 2.04. The Morgan fingerprint density at radius 1 is 1.00 bits per heavy atom. The molecule has 5 heteroatoms. The van der Waals surface area contributed by atoms with Gasteiger partial charge in [-0.25, -0.2) is 0 Å². The SMILES string of the molecule is O=C1C[C@@H]2C3=C(C[C@H](O)[C@@H]2O1)O[C@H](c1ccccc1)CC3=O. The van der Waals surface area contributed by atoms with Gasteiger partial charge in [-0.2, -0.15) is 0 Å². The number of ether oxygens (including phenoxy) is 2. The first-order chi connectivity index (χ1) is 10.6. The summed E-state index contributed by atoms with van der Waals surface area (Å²) in [5.74, 6) is -0.205. The molecule has 2 aliphatic heterocycles. The molecule has 4 atom stereocenters. The molecule has 0 saturated carbocycles. The van der Waals surface area contributed by atoms with Crippen LogP contribution in [0.4, 0.5) is 0 Å². The van der Waals surface area contributed by atoms with E-state index in [1.165, 1.54) is 0 Å². The van der Waals surface area contributed by atoms with Crippen LogP contribution in [0.3, 0.4) is 0 Å². The predicted octanol–water partition coefficient (Wildman–Crippen LogP) is 1.67. The minimum absolute atomic E-state index is 0.00435. The predicted molar refractivity (Wildman–Crippen MR) is 75.5 cm³/mol. The van der Waals surface area contributed by atoms with E-state index in [-0.39, 0.29) is 43.0 Å². The molecule has 3 aliphatic rings. The van der Waals surface area contributed by atoms with Gasteiger partial charge in [0.25, 0.3) is 0 Å². The van der Waals surface area contributed by atoms with Gasteiger partial charge in [-0.3, -0.25) is 9.59 Å². The maximum atomic E-state index is 12.6. The third-order valence-corrected chi connectivity index (χ3v) is 4.62. The zero-order valence-electron chi connectivity index (χ0n) is 11.9. The topological polar surface area (TPSA) is 72.8 Å². The molecule has 114 valence electrons. The van der Waals surface area contributed by atoms with E-state index in [2.05, 4.69) is 0 Å². The zero-order valence-corrected chi connectivity index (χ0v) is 11.9. The van der Waals surface area contributed by atoms with Gasteiger partial charge >= 0.3 is 5.97 Å². The number of fused-ring (bicyclic) bond motifs is 2. The Bertz CT molecular complexity index is 663. The molecule has 0 bridgehead atoms. The summed E-state index contributed by atoms with van der Waals surface area (Å²) in [5.41, 5.74) is 1.49. The summed E-state index contributed by atoms with van der Waals surface area (Å²) in [6, 6.07) is 9.57. The van der Waals surface area contributed by atoms with Crippen LogP contribution in [0.1, 0.15) is 30.9 Å². The summed E-state index contributed by atoms with van der Waals surface area (Å²) in [4.78, 5) is 24.1. The molecule has 0 spiro atoms. The lowest BCUT2D eigenvalue weighted by molar-refractivity contribution is -0.147. The van der Waals surface area contributed by atoms with E-state index in [4.69, 9.17) is 9.47 Å². The molecule has 0 aromatic heterocycles. The highest BCUT2D eigenvalue weighted by Gasteiger charge is 2.50. The van der Waals surface area contributed by atoms with E-state index >= 15 is 0 Å². The van der Waals surface area contributed by atoms with Crippen LogP contribution >= 0.6 is 0 Å². The van der Waals surface area contributed by atoms with Gasteiger partial charge in [0.2, 0.25) is 0 Å². The number of aliphatic hydroxyl groups is 1. The molecule has 5 nitrogen and oxygen atoms in total. The number of benzene rings is 1. The fraction of sp³-hybridized carbons (Fsp3) is 0.412. The second-order valence-corrected chi connectivity index (χ2v) is 6.02. The molecule has 1 fully saturated rings. The fourth-order valence-electron chi connectivity index (χ4n) is 3.63. The second kappa shape index (κ2) is 4.95. The fourth-order valence-corrected chi connectivity index (χ4v) is 3.63. The van der Waals surface area contributed by atoms with Crippen molar-refractivity contribution in [2.24, 2.45) is 5.92 Å². The Labute approximate surface area is 127 Å². The number of hydrogen-bond acceptors (Lipinski definition) is 5. The number of carbonyl (C=O) groups excluding carboxylic acids is 2. The molecule has 1 saturated heterocycles. The molecule has 0 amide bonds. The number of hydrogen-bond donors (Lipinski definition) is 1. The van der Waals surface area contributed by atoms with Crippen LogP contribution in [0.5, 0.6) is 0 Å². The van der Waals surface area contributed by atoms with E-state index in [1.54, 1.807) is 0 Å². The molecule has 1 aliphatic carbocycles. The summed E-state index contributed by atoms with van der Waals surface area (Å²) >= 11 is 0. The van der Waals surface area contributed by atoms with Gasteiger partial charge in [0.15, 0.2) is 5.78 Å². The van der Waals surface area contributed by atoms with Crippen molar-refractivity contribution in [1.82, 2.24) is 0 Å². The molecule has 1 N–H and O–H groups in total. The van der Waals surface area contributed by atoms with Crippen LogP contribution in [0.25, 0.3) is 0 Å². The van der Waals surface area contributed by atoms with Crippen molar-refractivity contribution in [2.75, 3.05) is 0 Å². The number of esters is 1. The monoisotopic (exact) mass is 300 g/mol. The smallest absolute Gasteiger partial charge is 0.306 e. The van der Waals surface area contributed by atoms with E-state index < -0.39 is 12.2 Å². The number of Topliss-reactive ketones (excluding diaryl/α,β-unsaturated/α-hetero) is 1. The minimum atomic E-state index is -0.808. The van der Waals surface area contributed by atoms with Gasteiger partial charge in [0, 0.05) is 17.9 Å². The highest BCUT2D eigenvalue weighted by atomic mass is 16.6. The number of aliphatic hydroxyl groups excluding tert-OH is 1. The van der Waals surface area contributed by atoms with Gasteiger partial charge in [-0.1, -0.05) is 30.3 Å². The number of ketones is 1. The van der Waals surface area contributed by atoms with Crippen molar-refractivity contribution in [2.45, 2.75) is 37.6 Å². The van der Waals surface area contributed by atoms with E-state index in [0.29, 0.717) is 11.3 Å². The summed E-state index contributed by atoms with van der Waals surface area (Å²) in [6.07, 6.45) is -1.11. The van der Waals surface area contributed by atoms with E-state index in [0.717, 1.165) is 5.56 Å². The molecule has 1 aromatic carbocycles. The van der Waals surface area contributed by atoms with E-state index in [9.17, 15) is 14.7 Å². The molecule has 1 aromatic rings. The number of carbonyl (C=O) groups is 2. The first-order valence-corrected chi connectivity index (χ1v) is 7.49. The lowest BCUT2D eigenvalue weighted by Crippen LogP contribution is -2.41. The van der Waals surface area contributed by atoms with E-state index in [1.807, 2.05) is 30.3 Å². The summed E-state index contributed by atoms with van der Waals surface area (Å²) in [6.45, 7) is 0. The average molecular weight is 300 g/mol. The quantitative estimate of drug-likeness (QED) is 0.799. The molecule has 0 radical (unpaired) electrons. The largest absolute Gasteiger partial charge is 0.489 e. The van der Waals surface area contributed by atoms with Gasteiger partial charge in [-0.15, -0.1) is 0 Å². The van der Waals surface area contributed by atoms with Crippen molar-refractivity contribution >= 4 is 11.8 Å².